The number of nitrogens with zero attached hydrogens (tertiary/aromatic N) is 4. The van der Waals surface area contributed by atoms with E-state index in [9.17, 15) is 0 Å². The van der Waals surface area contributed by atoms with Gasteiger partial charge in [0.05, 0.1) is 6.61 Å². The molecule has 0 atom stereocenters. The number of hydrogen-bond donors (Lipinski definition) is 2. The van der Waals surface area contributed by atoms with Crippen molar-refractivity contribution < 1.29 is 4.84 Å². The lowest BCUT2D eigenvalue weighted by Crippen LogP contribution is -2.26. The number of hydrogen-bond acceptors (Lipinski definition) is 7. The van der Waals surface area contributed by atoms with Gasteiger partial charge in [0.25, 0.3) is 5.95 Å². The zero-order valence-corrected chi connectivity index (χ0v) is 8.27. The van der Waals surface area contributed by atoms with E-state index >= 15 is 0 Å². The number of nitrogens with two attached hydrogens (primary N) is 2. The van der Waals surface area contributed by atoms with Gasteiger partial charge < -0.3 is 11.5 Å². The standard InChI is InChI=1S/C7H14N6O/c1-3-13(14-4-2)7-11-5(8)10-6(9)12-7/h3-4H2,1-2H3,(H4,8,9,10,11,12). The second-order valence-electron chi connectivity index (χ2n) is 2.46. The molecular formula is C7H14N6O. The molecule has 0 aromatic carbocycles. The Balaban J connectivity index is 2.91. The zero-order valence-electron chi connectivity index (χ0n) is 8.27. The number of anilines is 3. The predicted octanol–water partition coefficient (Wildman–Crippen LogP) is -0.186. The van der Waals surface area contributed by atoms with Crippen molar-refractivity contribution in [1.29, 1.82) is 0 Å². The second-order valence-corrected chi connectivity index (χ2v) is 2.46. The summed E-state index contributed by atoms with van der Waals surface area (Å²) in [6.45, 7) is 4.92. The van der Waals surface area contributed by atoms with E-state index in [-0.39, 0.29) is 11.9 Å². The van der Waals surface area contributed by atoms with E-state index in [0.717, 1.165) is 0 Å². The highest BCUT2D eigenvalue weighted by molar-refractivity contribution is 5.37. The topological polar surface area (TPSA) is 103 Å². The van der Waals surface area contributed by atoms with E-state index in [1.54, 1.807) is 0 Å². The summed E-state index contributed by atoms with van der Waals surface area (Å²) in [4.78, 5) is 16.7. The lowest BCUT2D eigenvalue weighted by atomic mass is 10.7. The van der Waals surface area contributed by atoms with Gasteiger partial charge in [-0.05, 0) is 13.8 Å². The minimum Gasteiger partial charge on any atom is -0.368 e. The third-order valence-electron chi connectivity index (χ3n) is 1.45. The summed E-state index contributed by atoms with van der Waals surface area (Å²) >= 11 is 0. The van der Waals surface area contributed by atoms with Crippen LogP contribution in [0.5, 0.6) is 0 Å². The third-order valence-corrected chi connectivity index (χ3v) is 1.45. The van der Waals surface area contributed by atoms with Crippen LogP contribution in [0.3, 0.4) is 0 Å². The van der Waals surface area contributed by atoms with Crippen molar-refractivity contribution in [2.45, 2.75) is 13.8 Å². The molecule has 7 nitrogen and oxygen atoms in total. The average molecular weight is 198 g/mol. The summed E-state index contributed by atoms with van der Waals surface area (Å²) < 4.78 is 0. The summed E-state index contributed by atoms with van der Waals surface area (Å²) in [6, 6.07) is 0. The van der Waals surface area contributed by atoms with Crippen LogP contribution in [-0.4, -0.2) is 28.1 Å². The van der Waals surface area contributed by atoms with Crippen LogP contribution in [0.15, 0.2) is 0 Å². The van der Waals surface area contributed by atoms with Crippen LogP contribution in [0, 0.1) is 0 Å². The molecule has 0 spiro atoms. The molecule has 0 aliphatic heterocycles. The normalized spacial score (nSPS) is 10.1. The summed E-state index contributed by atoms with van der Waals surface area (Å²) in [5.41, 5.74) is 10.8. The molecule has 0 saturated carbocycles. The van der Waals surface area contributed by atoms with E-state index in [1.807, 2.05) is 13.8 Å². The highest BCUT2D eigenvalue weighted by Gasteiger charge is 2.09. The van der Waals surface area contributed by atoms with Gasteiger partial charge >= 0.3 is 0 Å². The molecule has 7 heteroatoms. The molecule has 0 aliphatic rings. The molecule has 1 aromatic heterocycles. The van der Waals surface area contributed by atoms with Gasteiger partial charge in [0.15, 0.2) is 0 Å². The average Bonchev–Trinajstić information content (AvgIpc) is 2.12. The molecule has 4 N–H and O–H groups in total. The first-order valence-electron chi connectivity index (χ1n) is 4.34. The van der Waals surface area contributed by atoms with Gasteiger partial charge in [0.2, 0.25) is 11.9 Å². The van der Waals surface area contributed by atoms with Crippen LogP contribution in [0.1, 0.15) is 13.8 Å². The molecule has 1 rings (SSSR count). The molecule has 0 fully saturated rings. The summed E-state index contributed by atoms with van der Waals surface area (Å²) in [5.74, 6) is 0.510. The van der Waals surface area contributed by atoms with E-state index in [2.05, 4.69) is 15.0 Å². The number of rotatable bonds is 4. The third kappa shape index (κ3) is 2.43. The molecule has 0 unspecified atom stereocenters. The molecule has 1 aromatic rings. The number of nitrogen functional groups attached to an aromatic ring is 2. The zero-order chi connectivity index (χ0) is 10.6. The molecule has 0 bridgehead atoms. The monoisotopic (exact) mass is 198 g/mol. The smallest absolute Gasteiger partial charge is 0.256 e. The minimum absolute atomic E-state index is 0.0886. The Morgan fingerprint density at radius 2 is 1.71 bits per heavy atom. The maximum atomic E-state index is 5.42. The SMILES string of the molecule is CCON(CC)c1nc(N)nc(N)n1. The first-order valence-corrected chi connectivity index (χ1v) is 4.34. The van der Waals surface area contributed by atoms with E-state index < -0.39 is 0 Å². The van der Waals surface area contributed by atoms with Crippen LogP contribution in [0.2, 0.25) is 0 Å². The van der Waals surface area contributed by atoms with Gasteiger partial charge in [-0.1, -0.05) is 0 Å². The molecule has 0 saturated heterocycles. The summed E-state index contributed by atoms with van der Waals surface area (Å²) in [7, 11) is 0. The highest BCUT2D eigenvalue weighted by atomic mass is 16.7. The van der Waals surface area contributed by atoms with Crippen molar-refractivity contribution in [3.63, 3.8) is 0 Å². The van der Waals surface area contributed by atoms with Gasteiger partial charge in [-0.3, -0.25) is 4.84 Å². The quantitative estimate of drug-likeness (QED) is 0.646. The predicted molar refractivity (Wildman–Crippen MR) is 53.3 cm³/mol. The molecule has 78 valence electrons. The van der Waals surface area contributed by atoms with Crippen LogP contribution in [-0.2, 0) is 4.84 Å². The Labute approximate surface area is 82.1 Å². The lowest BCUT2D eigenvalue weighted by Gasteiger charge is -2.18. The molecule has 0 aliphatic carbocycles. The molecule has 1 heterocycles. The maximum Gasteiger partial charge on any atom is 0.256 e. The Morgan fingerprint density at radius 1 is 1.14 bits per heavy atom. The number of hydroxylamine groups is 1. The van der Waals surface area contributed by atoms with Gasteiger partial charge in [-0.15, -0.1) is 0 Å². The Morgan fingerprint density at radius 3 is 2.14 bits per heavy atom. The fraction of sp³-hybridized carbons (Fsp3) is 0.571. The van der Waals surface area contributed by atoms with Crippen molar-refractivity contribution in [3.05, 3.63) is 0 Å². The molecule has 14 heavy (non-hydrogen) atoms. The fourth-order valence-electron chi connectivity index (χ4n) is 0.955. The van der Waals surface area contributed by atoms with Gasteiger partial charge in [-0.2, -0.15) is 15.0 Å². The van der Waals surface area contributed by atoms with Gasteiger partial charge in [0, 0.05) is 6.54 Å². The molecule has 0 amide bonds. The van der Waals surface area contributed by atoms with Crippen molar-refractivity contribution in [2.75, 3.05) is 29.7 Å². The number of aromatic nitrogens is 3. The van der Waals surface area contributed by atoms with Crippen LogP contribution in [0.25, 0.3) is 0 Å². The maximum absolute atomic E-state index is 5.42. The van der Waals surface area contributed by atoms with Crippen LogP contribution < -0.4 is 16.5 Å². The van der Waals surface area contributed by atoms with Crippen molar-refractivity contribution in [1.82, 2.24) is 15.0 Å². The Bertz CT molecular complexity index is 284. The Hall–Kier alpha value is -1.63. The first kappa shape index (κ1) is 10.5. The second kappa shape index (κ2) is 4.56. The van der Waals surface area contributed by atoms with Crippen molar-refractivity contribution >= 4 is 17.8 Å². The largest absolute Gasteiger partial charge is 0.368 e. The van der Waals surface area contributed by atoms with Crippen LogP contribution in [0.4, 0.5) is 17.8 Å². The van der Waals surface area contributed by atoms with Gasteiger partial charge in [0.1, 0.15) is 0 Å². The highest BCUT2D eigenvalue weighted by Crippen LogP contribution is 2.09. The summed E-state index contributed by atoms with van der Waals surface area (Å²) in [6.07, 6.45) is 0. The van der Waals surface area contributed by atoms with E-state index in [4.69, 9.17) is 16.3 Å². The van der Waals surface area contributed by atoms with E-state index in [0.29, 0.717) is 19.1 Å². The fourth-order valence-corrected chi connectivity index (χ4v) is 0.955. The summed E-state index contributed by atoms with van der Waals surface area (Å²) in [5, 5.41) is 1.51. The first-order chi connectivity index (χ1) is 6.67. The Kier molecular flexibility index (Phi) is 3.41. The van der Waals surface area contributed by atoms with Crippen molar-refractivity contribution in [3.8, 4) is 0 Å². The lowest BCUT2D eigenvalue weighted by molar-refractivity contribution is 0.119. The van der Waals surface area contributed by atoms with E-state index in [1.165, 1.54) is 5.06 Å². The molecular weight excluding hydrogens is 184 g/mol. The van der Waals surface area contributed by atoms with Crippen LogP contribution >= 0.6 is 0 Å². The minimum atomic E-state index is 0.0886. The van der Waals surface area contributed by atoms with Crippen molar-refractivity contribution in [2.24, 2.45) is 0 Å². The molecule has 0 radical (unpaired) electrons. The van der Waals surface area contributed by atoms with Gasteiger partial charge in [-0.25, -0.2) is 5.06 Å².